The zero-order valence-electron chi connectivity index (χ0n) is 12.5. The predicted molar refractivity (Wildman–Crippen MR) is 81.3 cm³/mol. The first-order chi connectivity index (χ1) is 9.79. The van der Waals surface area contributed by atoms with Gasteiger partial charge in [-0.3, -0.25) is 0 Å². The molecule has 2 saturated heterocycles. The fraction of sp³-hybridized carbons (Fsp3) is 0.667. The third-order valence-electron chi connectivity index (χ3n) is 5.68. The molecule has 2 atom stereocenters. The Morgan fingerprint density at radius 3 is 2.45 bits per heavy atom. The first kappa shape index (κ1) is 12.7. The van der Waals surface area contributed by atoms with Crippen LogP contribution in [0.1, 0.15) is 49.7 Å². The molecular formula is C18H25NO. The number of ether oxygens (including phenoxy) is 1. The second-order valence-electron chi connectivity index (χ2n) is 6.90. The summed E-state index contributed by atoms with van der Waals surface area (Å²) < 4.78 is 6.32. The van der Waals surface area contributed by atoms with Gasteiger partial charge in [0.2, 0.25) is 0 Å². The summed E-state index contributed by atoms with van der Waals surface area (Å²) in [6, 6.07) is 8.33. The number of benzene rings is 1. The second-order valence-corrected chi connectivity index (χ2v) is 6.90. The lowest BCUT2D eigenvalue weighted by Crippen LogP contribution is -2.43. The SMILES string of the molecule is CN1C2CCC1CC(Oc1ccc3c(c1)CCCC3)C2. The molecule has 108 valence electrons. The van der Waals surface area contributed by atoms with Crippen LogP contribution in [0.3, 0.4) is 0 Å². The van der Waals surface area contributed by atoms with E-state index in [1.165, 1.54) is 56.9 Å². The summed E-state index contributed by atoms with van der Waals surface area (Å²) in [5, 5.41) is 0. The van der Waals surface area contributed by atoms with E-state index in [0.29, 0.717) is 6.10 Å². The molecule has 2 heteroatoms. The van der Waals surface area contributed by atoms with Crippen molar-refractivity contribution in [3.05, 3.63) is 29.3 Å². The van der Waals surface area contributed by atoms with Gasteiger partial charge in [0.05, 0.1) is 0 Å². The molecule has 2 aliphatic heterocycles. The van der Waals surface area contributed by atoms with Crippen molar-refractivity contribution in [3.8, 4) is 5.75 Å². The van der Waals surface area contributed by atoms with Crippen LogP contribution in [0, 0.1) is 0 Å². The molecule has 2 heterocycles. The van der Waals surface area contributed by atoms with Crippen molar-refractivity contribution in [1.29, 1.82) is 0 Å². The Kier molecular flexibility index (Phi) is 3.22. The third kappa shape index (κ3) is 2.24. The standard InChI is InChI=1S/C18H25NO/c1-19-15-7-8-16(19)12-18(11-15)20-17-9-6-13-4-2-3-5-14(13)10-17/h6,9-10,15-16,18H,2-5,7-8,11-12H2,1H3. The highest BCUT2D eigenvalue weighted by Crippen LogP contribution is 2.36. The average molecular weight is 271 g/mol. The Hall–Kier alpha value is -1.02. The van der Waals surface area contributed by atoms with Gasteiger partial charge in [0, 0.05) is 12.1 Å². The summed E-state index contributed by atoms with van der Waals surface area (Å²) in [5.41, 5.74) is 3.08. The number of rotatable bonds is 2. The zero-order valence-corrected chi connectivity index (χ0v) is 12.5. The maximum Gasteiger partial charge on any atom is 0.120 e. The molecule has 0 spiro atoms. The summed E-state index contributed by atoms with van der Waals surface area (Å²) in [6.45, 7) is 0. The Balaban J connectivity index is 1.47. The highest BCUT2D eigenvalue weighted by atomic mass is 16.5. The average Bonchev–Trinajstić information content (AvgIpc) is 2.70. The Bertz CT molecular complexity index is 484. The van der Waals surface area contributed by atoms with Crippen LogP contribution >= 0.6 is 0 Å². The van der Waals surface area contributed by atoms with Gasteiger partial charge in [0.15, 0.2) is 0 Å². The van der Waals surface area contributed by atoms with E-state index >= 15 is 0 Å². The van der Waals surface area contributed by atoms with Gasteiger partial charge in [-0.1, -0.05) is 6.07 Å². The van der Waals surface area contributed by atoms with Crippen LogP contribution in [0.25, 0.3) is 0 Å². The van der Waals surface area contributed by atoms with Crippen LogP contribution in [0.4, 0.5) is 0 Å². The van der Waals surface area contributed by atoms with Crippen molar-refractivity contribution >= 4 is 0 Å². The lowest BCUT2D eigenvalue weighted by atomic mass is 9.91. The number of hydrogen-bond acceptors (Lipinski definition) is 2. The van der Waals surface area contributed by atoms with Gasteiger partial charge >= 0.3 is 0 Å². The van der Waals surface area contributed by atoms with Crippen molar-refractivity contribution in [1.82, 2.24) is 4.90 Å². The van der Waals surface area contributed by atoms with Gasteiger partial charge in [-0.05, 0) is 81.7 Å². The zero-order chi connectivity index (χ0) is 13.5. The second kappa shape index (κ2) is 5.07. The molecule has 0 amide bonds. The summed E-state index contributed by atoms with van der Waals surface area (Å²) in [4.78, 5) is 2.58. The Labute approximate surface area is 122 Å². The smallest absolute Gasteiger partial charge is 0.120 e. The molecule has 0 radical (unpaired) electrons. The monoisotopic (exact) mass is 271 g/mol. The van der Waals surface area contributed by atoms with E-state index in [9.17, 15) is 0 Å². The van der Waals surface area contributed by atoms with Crippen LogP contribution in [-0.2, 0) is 12.8 Å². The highest BCUT2D eigenvalue weighted by Gasteiger charge is 2.39. The third-order valence-corrected chi connectivity index (χ3v) is 5.68. The van der Waals surface area contributed by atoms with E-state index in [1.54, 1.807) is 5.56 Å². The minimum absolute atomic E-state index is 0.436. The molecule has 0 aromatic heterocycles. The quantitative estimate of drug-likeness (QED) is 0.815. The van der Waals surface area contributed by atoms with Crippen molar-refractivity contribution < 1.29 is 4.74 Å². The Morgan fingerprint density at radius 1 is 1.00 bits per heavy atom. The van der Waals surface area contributed by atoms with Crippen molar-refractivity contribution in [2.45, 2.75) is 69.6 Å². The minimum Gasteiger partial charge on any atom is -0.490 e. The van der Waals surface area contributed by atoms with Gasteiger partial charge in [0.25, 0.3) is 0 Å². The van der Waals surface area contributed by atoms with Gasteiger partial charge in [-0.25, -0.2) is 0 Å². The lowest BCUT2D eigenvalue weighted by Gasteiger charge is -2.36. The van der Waals surface area contributed by atoms with Crippen LogP contribution in [0.5, 0.6) is 5.75 Å². The molecule has 4 rings (SSSR count). The number of fused-ring (bicyclic) bond motifs is 3. The number of piperidine rings is 1. The minimum atomic E-state index is 0.436. The highest BCUT2D eigenvalue weighted by molar-refractivity contribution is 5.37. The van der Waals surface area contributed by atoms with Crippen molar-refractivity contribution in [3.63, 3.8) is 0 Å². The maximum atomic E-state index is 6.32. The number of aryl methyl sites for hydroxylation is 2. The first-order valence-corrected chi connectivity index (χ1v) is 8.30. The molecule has 20 heavy (non-hydrogen) atoms. The van der Waals surface area contributed by atoms with E-state index in [0.717, 1.165) is 17.8 Å². The molecule has 1 aromatic rings. The molecular weight excluding hydrogens is 246 g/mol. The number of nitrogens with zero attached hydrogens (tertiary/aromatic N) is 1. The first-order valence-electron chi connectivity index (χ1n) is 8.30. The van der Waals surface area contributed by atoms with Gasteiger partial charge in [-0.2, -0.15) is 0 Å². The number of hydrogen-bond donors (Lipinski definition) is 0. The maximum absolute atomic E-state index is 6.32. The topological polar surface area (TPSA) is 12.5 Å². The van der Waals surface area contributed by atoms with Gasteiger partial charge in [-0.15, -0.1) is 0 Å². The normalized spacial score (nSPS) is 33.0. The molecule has 0 saturated carbocycles. The molecule has 2 unspecified atom stereocenters. The van der Waals surface area contributed by atoms with E-state index in [1.807, 2.05) is 0 Å². The molecule has 2 bridgehead atoms. The fourth-order valence-corrected chi connectivity index (χ4v) is 4.43. The van der Waals surface area contributed by atoms with E-state index in [2.05, 4.69) is 30.1 Å². The van der Waals surface area contributed by atoms with Crippen LogP contribution in [0.15, 0.2) is 18.2 Å². The summed E-state index contributed by atoms with van der Waals surface area (Å²) in [7, 11) is 2.29. The lowest BCUT2D eigenvalue weighted by molar-refractivity contribution is 0.0661. The molecule has 0 N–H and O–H groups in total. The summed E-state index contributed by atoms with van der Waals surface area (Å²) >= 11 is 0. The fourth-order valence-electron chi connectivity index (χ4n) is 4.43. The van der Waals surface area contributed by atoms with Crippen molar-refractivity contribution in [2.75, 3.05) is 7.05 Å². The van der Waals surface area contributed by atoms with Crippen molar-refractivity contribution in [2.24, 2.45) is 0 Å². The Morgan fingerprint density at radius 2 is 1.70 bits per heavy atom. The van der Waals surface area contributed by atoms with E-state index in [4.69, 9.17) is 4.74 Å². The molecule has 3 aliphatic rings. The van der Waals surface area contributed by atoms with E-state index in [-0.39, 0.29) is 0 Å². The largest absolute Gasteiger partial charge is 0.490 e. The van der Waals surface area contributed by atoms with E-state index < -0.39 is 0 Å². The predicted octanol–water partition coefficient (Wildman–Crippen LogP) is 3.57. The molecule has 2 fully saturated rings. The van der Waals surface area contributed by atoms with Crippen LogP contribution < -0.4 is 4.74 Å². The van der Waals surface area contributed by atoms with Gasteiger partial charge in [0.1, 0.15) is 11.9 Å². The molecule has 1 aromatic carbocycles. The molecule has 1 aliphatic carbocycles. The summed E-state index contributed by atoms with van der Waals surface area (Å²) in [5.74, 6) is 1.11. The van der Waals surface area contributed by atoms with Gasteiger partial charge < -0.3 is 9.64 Å². The van der Waals surface area contributed by atoms with Crippen LogP contribution in [0.2, 0.25) is 0 Å². The summed E-state index contributed by atoms with van der Waals surface area (Å²) in [6.07, 6.45) is 10.8. The molecule has 2 nitrogen and oxygen atoms in total. The van der Waals surface area contributed by atoms with Crippen LogP contribution in [-0.4, -0.2) is 30.1 Å².